The molecule has 10 heteroatoms. The van der Waals surface area contributed by atoms with Crippen LogP contribution in [0.1, 0.15) is 90.4 Å². The van der Waals surface area contributed by atoms with Crippen molar-refractivity contribution in [3.63, 3.8) is 0 Å². The third-order valence-corrected chi connectivity index (χ3v) is 10.2. The van der Waals surface area contributed by atoms with Gasteiger partial charge in [0.2, 0.25) is 11.8 Å². The second kappa shape index (κ2) is 15.1. The smallest absolute Gasteiger partial charge is 0.224 e. The lowest BCUT2D eigenvalue weighted by Crippen LogP contribution is -2.39. The standard InChI is InChI=1S/C39H48N6O3S/c1-6-10-37(46)44(15-7-2)21-36-41-32-14-12-25-17-31-29-13-11-26(16-27(29)23-48-34(31)19-30(25)39(32)43-36)33-20-40-35(42-33)22-45(24(5)8-3)38(47)18-28(49)9-4/h11-14,16-17,19-20,24,28,49H,6-10,15,18,21-23H2,1-5H3,(H,40,42)(H,41,43)/t24-,28-/m0/s1. The van der Waals surface area contributed by atoms with Gasteiger partial charge < -0.3 is 24.5 Å². The summed E-state index contributed by atoms with van der Waals surface area (Å²) in [6, 6.07) is 15.0. The normalized spacial score (nSPS) is 13.5. The topological polar surface area (TPSA) is 107 Å². The molecule has 3 heterocycles. The largest absolute Gasteiger partial charge is 0.488 e. The van der Waals surface area contributed by atoms with Crippen LogP contribution in [-0.4, -0.2) is 59.4 Å². The van der Waals surface area contributed by atoms with Crippen LogP contribution >= 0.6 is 12.6 Å². The van der Waals surface area contributed by atoms with Crippen LogP contribution in [0.3, 0.4) is 0 Å². The quantitative estimate of drug-likeness (QED) is 0.102. The predicted octanol–water partition coefficient (Wildman–Crippen LogP) is 8.43. The summed E-state index contributed by atoms with van der Waals surface area (Å²) in [5.41, 5.74) is 7.08. The molecule has 0 spiro atoms. The summed E-state index contributed by atoms with van der Waals surface area (Å²) < 4.78 is 6.36. The molecule has 1 aliphatic heterocycles. The molecule has 0 saturated carbocycles. The van der Waals surface area contributed by atoms with Crippen LogP contribution in [0.5, 0.6) is 5.75 Å². The average molecular weight is 681 g/mol. The summed E-state index contributed by atoms with van der Waals surface area (Å²) in [6.07, 6.45) is 6.29. The lowest BCUT2D eigenvalue weighted by Gasteiger charge is -2.28. The van der Waals surface area contributed by atoms with E-state index in [0.717, 1.165) is 92.8 Å². The van der Waals surface area contributed by atoms with Crippen LogP contribution in [0.25, 0.3) is 44.2 Å². The zero-order valence-electron chi connectivity index (χ0n) is 29.3. The van der Waals surface area contributed by atoms with E-state index in [1.807, 2.05) is 29.0 Å². The van der Waals surface area contributed by atoms with Gasteiger partial charge in [0.05, 0.1) is 36.0 Å². The van der Waals surface area contributed by atoms with Gasteiger partial charge in [0.1, 0.15) is 24.0 Å². The fraction of sp³-hybridized carbons (Fsp3) is 0.436. The number of amides is 2. The van der Waals surface area contributed by atoms with E-state index in [1.54, 1.807) is 0 Å². The summed E-state index contributed by atoms with van der Waals surface area (Å²) in [5.74, 6) is 2.67. The van der Waals surface area contributed by atoms with Crippen molar-refractivity contribution in [3.05, 3.63) is 65.9 Å². The summed E-state index contributed by atoms with van der Waals surface area (Å²) in [5, 5.41) is 2.20. The van der Waals surface area contributed by atoms with E-state index in [2.05, 4.69) is 91.7 Å². The van der Waals surface area contributed by atoms with E-state index in [0.29, 0.717) is 39.1 Å². The molecule has 2 aromatic heterocycles. The Labute approximate surface area is 294 Å². The second-order valence-electron chi connectivity index (χ2n) is 13.2. The number of H-pyrrole nitrogens is 2. The first-order chi connectivity index (χ1) is 23.7. The van der Waals surface area contributed by atoms with Crippen LogP contribution in [0, 0.1) is 0 Å². The number of hydrogen-bond acceptors (Lipinski definition) is 6. The van der Waals surface area contributed by atoms with Crippen molar-refractivity contribution in [1.82, 2.24) is 29.7 Å². The molecular formula is C39H48N6O3S. The average Bonchev–Trinajstić information content (AvgIpc) is 3.76. The summed E-state index contributed by atoms with van der Waals surface area (Å²) in [4.78, 5) is 46.1. The number of aromatic amines is 2. The summed E-state index contributed by atoms with van der Waals surface area (Å²) in [6.45, 7) is 12.4. The Hall–Kier alpha value is -4.31. The number of nitrogens with one attached hydrogen (secondary N) is 2. The summed E-state index contributed by atoms with van der Waals surface area (Å²) >= 11 is 4.56. The molecule has 9 nitrogen and oxygen atoms in total. The van der Waals surface area contributed by atoms with Crippen LogP contribution in [0.2, 0.25) is 0 Å². The lowest BCUT2D eigenvalue weighted by atomic mass is 9.92. The Balaban J connectivity index is 1.24. The monoisotopic (exact) mass is 680 g/mol. The lowest BCUT2D eigenvalue weighted by molar-refractivity contribution is -0.134. The van der Waals surface area contributed by atoms with Crippen molar-refractivity contribution >= 4 is 46.2 Å². The minimum atomic E-state index is 0.0568. The van der Waals surface area contributed by atoms with Gasteiger partial charge in [0, 0.05) is 41.6 Å². The first-order valence-corrected chi connectivity index (χ1v) is 18.2. The second-order valence-corrected chi connectivity index (χ2v) is 14.0. The van der Waals surface area contributed by atoms with Gasteiger partial charge in [0.25, 0.3) is 0 Å². The number of hydrogen-bond donors (Lipinski definition) is 3. The first kappa shape index (κ1) is 34.5. The zero-order valence-corrected chi connectivity index (χ0v) is 30.2. The molecule has 49 heavy (non-hydrogen) atoms. The third kappa shape index (κ3) is 7.34. The minimum Gasteiger partial charge on any atom is -0.488 e. The van der Waals surface area contributed by atoms with Gasteiger partial charge in [-0.15, -0.1) is 0 Å². The maximum Gasteiger partial charge on any atom is 0.224 e. The molecule has 0 aliphatic carbocycles. The van der Waals surface area contributed by atoms with Gasteiger partial charge in [-0.25, -0.2) is 9.97 Å². The van der Waals surface area contributed by atoms with E-state index in [9.17, 15) is 9.59 Å². The van der Waals surface area contributed by atoms with Gasteiger partial charge in [0.15, 0.2) is 0 Å². The Morgan fingerprint density at radius 1 is 0.939 bits per heavy atom. The van der Waals surface area contributed by atoms with Gasteiger partial charge in [-0.1, -0.05) is 45.9 Å². The minimum absolute atomic E-state index is 0.0568. The third-order valence-electron chi connectivity index (χ3n) is 9.64. The molecule has 0 unspecified atom stereocenters. The fourth-order valence-electron chi connectivity index (χ4n) is 6.63. The number of ether oxygens (including phenoxy) is 1. The number of carbonyl (C=O) groups is 2. The molecule has 0 saturated heterocycles. The fourth-order valence-corrected chi connectivity index (χ4v) is 6.78. The maximum atomic E-state index is 13.1. The highest BCUT2D eigenvalue weighted by atomic mass is 32.1. The number of rotatable bonds is 14. The maximum absolute atomic E-state index is 13.1. The van der Waals surface area contributed by atoms with Crippen molar-refractivity contribution in [2.45, 2.75) is 104 Å². The number of nitrogens with zero attached hydrogens (tertiary/aromatic N) is 4. The number of carbonyl (C=O) groups excluding carboxylic acids is 2. The molecule has 258 valence electrons. The molecule has 0 bridgehead atoms. The van der Waals surface area contributed by atoms with Crippen molar-refractivity contribution in [1.29, 1.82) is 0 Å². The van der Waals surface area contributed by atoms with E-state index >= 15 is 0 Å². The van der Waals surface area contributed by atoms with Gasteiger partial charge in [-0.3, -0.25) is 9.59 Å². The highest BCUT2D eigenvalue weighted by molar-refractivity contribution is 7.81. The van der Waals surface area contributed by atoms with Crippen LogP contribution in [0.4, 0.5) is 0 Å². The van der Waals surface area contributed by atoms with Crippen molar-refractivity contribution in [2.24, 2.45) is 0 Å². The Morgan fingerprint density at radius 3 is 2.53 bits per heavy atom. The van der Waals surface area contributed by atoms with Crippen molar-refractivity contribution in [2.75, 3.05) is 6.54 Å². The zero-order chi connectivity index (χ0) is 34.7. The number of imidazole rings is 2. The van der Waals surface area contributed by atoms with E-state index < -0.39 is 0 Å². The molecule has 2 atom stereocenters. The SMILES string of the molecule is CCCC(=O)N(CCC)Cc1nc2ccc3cc4c(cc3c2[nH]1)OCc1cc(-c2cnc(CN(C(=O)C[C@@H](S)CC)[C@@H](C)CC)[nH]2)ccc1-4. The summed E-state index contributed by atoms with van der Waals surface area (Å²) in [7, 11) is 0. The van der Waals surface area contributed by atoms with E-state index in [-0.39, 0.29) is 23.1 Å². The van der Waals surface area contributed by atoms with Crippen molar-refractivity contribution in [3.8, 4) is 28.1 Å². The van der Waals surface area contributed by atoms with Crippen LogP contribution in [0.15, 0.2) is 48.7 Å². The van der Waals surface area contributed by atoms with Crippen molar-refractivity contribution < 1.29 is 14.3 Å². The van der Waals surface area contributed by atoms with Crippen LogP contribution in [-0.2, 0) is 29.3 Å². The molecule has 5 aromatic rings. The van der Waals surface area contributed by atoms with Crippen LogP contribution < -0.4 is 4.74 Å². The number of thiol groups is 1. The predicted molar refractivity (Wildman–Crippen MR) is 200 cm³/mol. The highest BCUT2D eigenvalue weighted by Gasteiger charge is 2.24. The first-order valence-electron chi connectivity index (χ1n) is 17.7. The van der Waals surface area contributed by atoms with Gasteiger partial charge >= 0.3 is 0 Å². The molecule has 2 amide bonds. The highest BCUT2D eigenvalue weighted by Crippen LogP contribution is 2.42. The number of fused-ring (bicyclic) bond motifs is 6. The molecule has 1 aliphatic rings. The molecule has 0 radical (unpaired) electrons. The molecule has 0 fully saturated rings. The molecule has 6 rings (SSSR count). The molecule has 2 N–H and O–H groups in total. The van der Waals surface area contributed by atoms with E-state index in [4.69, 9.17) is 9.72 Å². The van der Waals surface area contributed by atoms with Gasteiger partial charge in [-0.05, 0) is 78.9 Å². The number of benzene rings is 3. The Bertz CT molecular complexity index is 1970. The molecular weight excluding hydrogens is 633 g/mol. The van der Waals surface area contributed by atoms with E-state index in [1.165, 1.54) is 0 Å². The number of aromatic nitrogens is 4. The Morgan fingerprint density at radius 2 is 1.78 bits per heavy atom. The van der Waals surface area contributed by atoms with Gasteiger partial charge in [-0.2, -0.15) is 12.6 Å². The molecule has 3 aromatic carbocycles. The Kier molecular flexibility index (Phi) is 10.6.